The Hall–Kier alpha value is -2.93. The standard InChI is InChI=1S/C25H27NO6/c1-11-8-14-9-13-10-16-15(12-4-2-3-5-12)6-7-17(27)20(16)21(28)19(13)23(30)25(14,32)22(29)18(11)24(26)31/h6-7,12-14,27-28,32H,2-5,8-10H2,1H3,(H2,26,31)/t13-,14-,25-/m1/s1. The third kappa shape index (κ3) is 2.67. The number of primary amides is 1. The van der Waals surface area contributed by atoms with Crippen molar-refractivity contribution in [3.8, 4) is 5.75 Å². The van der Waals surface area contributed by atoms with Gasteiger partial charge in [0.1, 0.15) is 11.5 Å². The summed E-state index contributed by atoms with van der Waals surface area (Å²) in [6.45, 7) is 1.62. The normalized spacial score (nSPS) is 30.3. The van der Waals surface area contributed by atoms with E-state index in [9.17, 15) is 29.7 Å². The molecule has 0 aromatic heterocycles. The molecule has 0 spiro atoms. The first-order chi connectivity index (χ1) is 15.2. The summed E-state index contributed by atoms with van der Waals surface area (Å²) in [5.41, 5.74) is 5.21. The van der Waals surface area contributed by atoms with Crippen LogP contribution in [0.3, 0.4) is 0 Å². The van der Waals surface area contributed by atoms with Gasteiger partial charge < -0.3 is 21.1 Å². The van der Waals surface area contributed by atoms with Crippen LogP contribution in [0.4, 0.5) is 0 Å². The highest BCUT2D eigenvalue weighted by Gasteiger charge is 2.61. The van der Waals surface area contributed by atoms with Crippen LogP contribution in [0, 0.1) is 11.8 Å². The molecule has 4 aliphatic rings. The number of allylic oxidation sites excluding steroid dienone is 1. The molecule has 4 aliphatic carbocycles. The molecule has 2 saturated carbocycles. The van der Waals surface area contributed by atoms with E-state index in [1.54, 1.807) is 6.92 Å². The lowest BCUT2D eigenvalue weighted by Gasteiger charge is -2.46. The van der Waals surface area contributed by atoms with Gasteiger partial charge in [0.15, 0.2) is 5.60 Å². The smallest absolute Gasteiger partial charge is 0.252 e. The first kappa shape index (κ1) is 20.9. The van der Waals surface area contributed by atoms with E-state index in [1.807, 2.05) is 6.07 Å². The number of ketones is 2. The number of carbonyl (C=O) groups is 3. The van der Waals surface area contributed by atoms with Gasteiger partial charge in [0, 0.05) is 11.5 Å². The second-order valence-electron chi connectivity index (χ2n) is 9.75. The number of aliphatic hydroxyl groups excluding tert-OH is 1. The minimum absolute atomic E-state index is 0.0353. The van der Waals surface area contributed by atoms with Gasteiger partial charge in [-0.05, 0) is 68.1 Å². The summed E-state index contributed by atoms with van der Waals surface area (Å²) < 4.78 is 0. The van der Waals surface area contributed by atoms with E-state index in [1.165, 1.54) is 6.07 Å². The second-order valence-corrected chi connectivity index (χ2v) is 9.75. The number of Topliss-reactive ketones (excluding diaryl/α,β-unsaturated/α-hetero) is 2. The molecular weight excluding hydrogens is 410 g/mol. The number of benzene rings is 1. The summed E-state index contributed by atoms with van der Waals surface area (Å²) in [5, 5.41) is 33.0. The summed E-state index contributed by atoms with van der Waals surface area (Å²) in [6.07, 6.45) is 5.35. The zero-order chi connectivity index (χ0) is 22.9. The van der Waals surface area contributed by atoms with Gasteiger partial charge in [-0.2, -0.15) is 0 Å². The number of phenolic OH excluding ortho intramolecular Hbond substituents is 1. The van der Waals surface area contributed by atoms with Crippen molar-refractivity contribution in [2.45, 2.75) is 63.4 Å². The maximum absolute atomic E-state index is 13.5. The van der Waals surface area contributed by atoms with Gasteiger partial charge in [-0.3, -0.25) is 14.4 Å². The van der Waals surface area contributed by atoms with Crippen molar-refractivity contribution in [1.29, 1.82) is 0 Å². The topological polar surface area (TPSA) is 138 Å². The fourth-order valence-corrected chi connectivity index (χ4v) is 6.53. The molecule has 32 heavy (non-hydrogen) atoms. The van der Waals surface area contributed by atoms with Crippen molar-refractivity contribution >= 4 is 23.2 Å². The number of amides is 1. The van der Waals surface area contributed by atoms with Crippen LogP contribution in [0.1, 0.15) is 68.1 Å². The van der Waals surface area contributed by atoms with Crippen LogP contribution in [0.15, 0.2) is 28.9 Å². The van der Waals surface area contributed by atoms with Crippen LogP contribution in [-0.4, -0.2) is 38.4 Å². The molecule has 1 aromatic rings. The molecule has 1 amide bonds. The number of carbonyl (C=O) groups excluding carboxylic acids is 3. The minimum Gasteiger partial charge on any atom is -0.507 e. The van der Waals surface area contributed by atoms with Crippen LogP contribution in [0.2, 0.25) is 0 Å². The zero-order valence-electron chi connectivity index (χ0n) is 18.0. The van der Waals surface area contributed by atoms with Gasteiger partial charge in [0.2, 0.25) is 11.6 Å². The number of fused-ring (bicyclic) bond motifs is 3. The Kier molecular flexibility index (Phi) is 4.60. The van der Waals surface area contributed by atoms with Crippen molar-refractivity contribution in [1.82, 2.24) is 0 Å². The number of nitrogens with two attached hydrogens (primary N) is 1. The molecule has 0 bridgehead atoms. The van der Waals surface area contributed by atoms with Gasteiger partial charge in [0.05, 0.1) is 11.1 Å². The van der Waals surface area contributed by atoms with Crippen molar-refractivity contribution in [3.05, 3.63) is 45.5 Å². The average molecular weight is 437 g/mol. The number of aromatic hydroxyl groups is 1. The highest BCUT2D eigenvalue weighted by molar-refractivity contribution is 6.32. The van der Waals surface area contributed by atoms with E-state index in [0.717, 1.165) is 36.8 Å². The minimum atomic E-state index is -2.43. The molecule has 5 N–H and O–H groups in total. The van der Waals surface area contributed by atoms with E-state index in [0.29, 0.717) is 24.3 Å². The molecule has 0 heterocycles. The van der Waals surface area contributed by atoms with E-state index in [2.05, 4.69) is 0 Å². The van der Waals surface area contributed by atoms with E-state index < -0.39 is 29.0 Å². The van der Waals surface area contributed by atoms with E-state index >= 15 is 0 Å². The molecule has 7 heteroatoms. The summed E-state index contributed by atoms with van der Waals surface area (Å²) >= 11 is 0. The monoisotopic (exact) mass is 437 g/mol. The summed E-state index contributed by atoms with van der Waals surface area (Å²) in [5.74, 6) is -4.06. The maximum atomic E-state index is 13.5. The third-order valence-corrected chi connectivity index (χ3v) is 8.02. The van der Waals surface area contributed by atoms with Crippen LogP contribution in [-0.2, 0) is 20.8 Å². The lowest BCUT2D eigenvalue weighted by atomic mass is 9.57. The van der Waals surface area contributed by atoms with Crippen molar-refractivity contribution in [2.24, 2.45) is 17.6 Å². The number of hydrogen-bond donors (Lipinski definition) is 4. The molecule has 0 saturated heterocycles. The SMILES string of the molecule is CC1=C(C(N)=O)C(=O)[C@@]2(O)C(=O)C3=C(O)c4c(O)ccc(C5CCCC5)c4C[C@H]3C[C@H]2C1. The molecule has 1 aromatic carbocycles. The van der Waals surface area contributed by atoms with Crippen LogP contribution in [0.5, 0.6) is 5.75 Å². The average Bonchev–Trinajstić information content (AvgIpc) is 3.25. The zero-order valence-corrected chi connectivity index (χ0v) is 18.0. The Morgan fingerprint density at radius 1 is 1.06 bits per heavy atom. The fourth-order valence-electron chi connectivity index (χ4n) is 6.53. The molecule has 7 nitrogen and oxygen atoms in total. The maximum Gasteiger partial charge on any atom is 0.252 e. The molecule has 168 valence electrons. The van der Waals surface area contributed by atoms with Crippen LogP contribution in [0.25, 0.3) is 5.76 Å². The molecule has 0 radical (unpaired) electrons. The van der Waals surface area contributed by atoms with Crippen molar-refractivity contribution < 1.29 is 29.7 Å². The first-order valence-electron chi connectivity index (χ1n) is 11.3. The first-order valence-corrected chi connectivity index (χ1v) is 11.3. The largest absolute Gasteiger partial charge is 0.507 e. The number of aliphatic hydroxyl groups is 2. The van der Waals surface area contributed by atoms with E-state index in [4.69, 9.17) is 5.73 Å². The predicted octanol–water partition coefficient (Wildman–Crippen LogP) is 2.59. The highest BCUT2D eigenvalue weighted by Crippen LogP contribution is 2.52. The van der Waals surface area contributed by atoms with Gasteiger partial charge in [0.25, 0.3) is 5.91 Å². The summed E-state index contributed by atoms with van der Waals surface area (Å²) in [4.78, 5) is 38.5. The van der Waals surface area contributed by atoms with Crippen LogP contribution >= 0.6 is 0 Å². The van der Waals surface area contributed by atoms with Gasteiger partial charge in [-0.1, -0.05) is 24.5 Å². The third-order valence-electron chi connectivity index (χ3n) is 8.02. The Morgan fingerprint density at radius 3 is 2.41 bits per heavy atom. The van der Waals surface area contributed by atoms with Gasteiger partial charge >= 0.3 is 0 Å². The van der Waals surface area contributed by atoms with E-state index in [-0.39, 0.29) is 40.6 Å². The Balaban J connectivity index is 1.66. The Bertz CT molecular complexity index is 1140. The lowest BCUT2D eigenvalue weighted by molar-refractivity contribution is -0.157. The molecule has 3 atom stereocenters. The highest BCUT2D eigenvalue weighted by atomic mass is 16.3. The summed E-state index contributed by atoms with van der Waals surface area (Å²) in [7, 11) is 0. The van der Waals surface area contributed by atoms with Crippen molar-refractivity contribution in [2.75, 3.05) is 0 Å². The number of hydrogen-bond acceptors (Lipinski definition) is 6. The fraction of sp³-hybridized carbons (Fsp3) is 0.480. The molecule has 5 rings (SSSR count). The Labute approximate surface area is 185 Å². The van der Waals surface area contributed by atoms with Gasteiger partial charge in [-0.15, -0.1) is 0 Å². The molecule has 2 fully saturated rings. The molecule has 0 unspecified atom stereocenters. The summed E-state index contributed by atoms with van der Waals surface area (Å²) in [6, 6.07) is 3.46. The lowest BCUT2D eigenvalue weighted by Crippen LogP contribution is -2.61. The quantitative estimate of drug-likeness (QED) is 0.414. The second kappa shape index (κ2) is 7.04. The number of phenols is 1. The van der Waals surface area contributed by atoms with Crippen LogP contribution < -0.4 is 5.73 Å². The predicted molar refractivity (Wildman–Crippen MR) is 116 cm³/mol. The number of rotatable bonds is 2. The molecular formula is C25H27NO6. The van der Waals surface area contributed by atoms with Crippen molar-refractivity contribution in [3.63, 3.8) is 0 Å². The molecule has 0 aliphatic heterocycles. The Morgan fingerprint density at radius 2 is 1.75 bits per heavy atom. The van der Waals surface area contributed by atoms with Gasteiger partial charge in [-0.25, -0.2) is 0 Å².